The van der Waals surface area contributed by atoms with Gasteiger partial charge in [0.2, 0.25) is 0 Å². The van der Waals surface area contributed by atoms with Crippen molar-refractivity contribution in [3.8, 4) is 0 Å². The van der Waals surface area contributed by atoms with Gasteiger partial charge in [0.15, 0.2) is 5.60 Å². The molecule has 39 heavy (non-hydrogen) atoms. The molecule has 5 rings (SSSR count). The van der Waals surface area contributed by atoms with Crippen LogP contribution in [0.15, 0.2) is 36.4 Å². The minimum absolute atomic E-state index is 0.0168. The second-order valence-electron chi connectivity index (χ2n) is 11.0. The molecule has 3 heterocycles. The summed E-state index contributed by atoms with van der Waals surface area (Å²) in [5.41, 5.74) is 5.49. The Balaban J connectivity index is 1.11. The number of nitrogens with two attached hydrogens (primary N) is 1. The third-order valence-electron chi connectivity index (χ3n) is 8.12. The molecule has 0 saturated carbocycles. The zero-order valence-corrected chi connectivity index (χ0v) is 23.4. The van der Waals surface area contributed by atoms with Gasteiger partial charge >= 0.3 is 0 Å². The maximum absolute atomic E-state index is 13.6. The van der Waals surface area contributed by atoms with E-state index in [4.69, 9.17) is 28.9 Å². The van der Waals surface area contributed by atoms with Crippen LogP contribution in [0, 0.1) is 5.82 Å². The summed E-state index contributed by atoms with van der Waals surface area (Å²) >= 11 is 13.0. The first kappa shape index (κ1) is 28.1. The largest absolute Gasteiger partial charge is 0.380 e. The van der Waals surface area contributed by atoms with Gasteiger partial charge in [-0.3, -0.25) is 14.5 Å². The predicted molar refractivity (Wildman–Crippen MR) is 150 cm³/mol. The molecule has 1 unspecified atom stereocenters. The molecule has 11 heteroatoms. The van der Waals surface area contributed by atoms with Gasteiger partial charge in [-0.25, -0.2) is 4.39 Å². The topological polar surface area (TPSA) is 102 Å². The highest BCUT2D eigenvalue weighted by Gasteiger charge is 2.40. The number of nitrogens with one attached hydrogen (secondary N) is 1. The molecule has 0 spiro atoms. The number of anilines is 1. The molecule has 0 radical (unpaired) electrons. The monoisotopic (exact) mass is 577 g/mol. The fourth-order valence-corrected chi connectivity index (χ4v) is 6.43. The molecule has 2 amide bonds. The van der Waals surface area contributed by atoms with Gasteiger partial charge in [-0.15, -0.1) is 0 Å². The highest BCUT2D eigenvalue weighted by Crippen LogP contribution is 2.33. The summed E-state index contributed by atoms with van der Waals surface area (Å²) in [5.74, 6) is -1.08. The molecule has 3 aliphatic heterocycles. The number of hydrogen-bond acceptors (Lipinski definition) is 6. The third-order valence-corrected chi connectivity index (χ3v) is 8.72. The van der Waals surface area contributed by atoms with Crippen LogP contribution in [-0.4, -0.2) is 89.0 Å². The van der Waals surface area contributed by atoms with Crippen molar-refractivity contribution in [3.63, 3.8) is 0 Å². The molecule has 2 aromatic carbocycles. The Labute approximate surface area is 237 Å². The number of aliphatic hydroxyl groups is 1. The van der Waals surface area contributed by atoms with Crippen molar-refractivity contribution < 1.29 is 19.1 Å². The van der Waals surface area contributed by atoms with Gasteiger partial charge in [-0.1, -0.05) is 35.3 Å². The summed E-state index contributed by atoms with van der Waals surface area (Å²) in [5, 5.41) is 15.0. The van der Waals surface area contributed by atoms with Crippen molar-refractivity contribution >= 4 is 40.7 Å². The summed E-state index contributed by atoms with van der Waals surface area (Å²) in [7, 11) is 0. The first-order valence-electron chi connectivity index (χ1n) is 13.3. The van der Waals surface area contributed by atoms with Crippen molar-refractivity contribution in [3.05, 3.63) is 63.4 Å². The van der Waals surface area contributed by atoms with E-state index in [2.05, 4.69) is 10.2 Å². The molecule has 0 aliphatic carbocycles. The fourth-order valence-electron chi connectivity index (χ4n) is 5.79. The first-order valence-corrected chi connectivity index (χ1v) is 14.1. The van der Waals surface area contributed by atoms with Crippen LogP contribution in [-0.2, 0) is 10.4 Å². The SMILES string of the molecule is C[C@@](O)(C(=O)N1CCC(N2CC(Nc3cc(Cl)c(C(=O)N4CCC(N)C4)c(Cl)c3)C2)CC1)c1cccc(F)c1. The molecule has 2 aromatic rings. The molecule has 8 nitrogen and oxygen atoms in total. The van der Waals surface area contributed by atoms with E-state index in [0.29, 0.717) is 47.8 Å². The Hall–Kier alpha value is -2.43. The van der Waals surface area contributed by atoms with Crippen LogP contribution >= 0.6 is 23.2 Å². The molecule has 0 aromatic heterocycles. The average molecular weight is 579 g/mol. The molecule has 210 valence electrons. The second kappa shape index (κ2) is 11.2. The number of carbonyl (C=O) groups excluding carboxylic acids is 2. The highest BCUT2D eigenvalue weighted by atomic mass is 35.5. The van der Waals surface area contributed by atoms with Gasteiger partial charge < -0.3 is 26.0 Å². The Morgan fingerprint density at radius 2 is 1.67 bits per heavy atom. The van der Waals surface area contributed by atoms with E-state index in [1.807, 2.05) is 0 Å². The van der Waals surface area contributed by atoms with E-state index in [-0.39, 0.29) is 23.6 Å². The molecular formula is C28H34Cl2FN5O3. The third kappa shape index (κ3) is 5.88. The lowest BCUT2D eigenvalue weighted by atomic mass is 9.92. The second-order valence-corrected chi connectivity index (χ2v) is 11.8. The van der Waals surface area contributed by atoms with E-state index in [1.54, 1.807) is 28.0 Å². The van der Waals surface area contributed by atoms with Crippen LogP contribution in [0.5, 0.6) is 0 Å². The van der Waals surface area contributed by atoms with Gasteiger partial charge in [0.05, 0.1) is 21.7 Å². The van der Waals surface area contributed by atoms with E-state index < -0.39 is 17.3 Å². The number of hydrogen-bond donors (Lipinski definition) is 3. The maximum Gasteiger partial charge on any atom is 0.258 e. The van der Waals surface area contributed by atoms with E-state index in [1.165, 1.54) is 25.1 Å². The molecule has 2 atom stereocenters. The molecule has 3 fully saturated rings. The summed E-state index contributed by atoms with van der Waals surface area (Å²) in [6, 6.07) is 9.57. The number of piperidine rings is 1. The number of nitrogens with zero attached hydrogens (tertiary/aromatic N) is 3. The fraction of sp³-hybridized carbons (Fsp3) is 0.500. The van der Waals surface area contributed by atoms with Crippen molar-refractivity contribution in [2.75, 3.05) is 44.6 Å². The highest BCUT2D eigenvalue weighted by molar-refractivity contribution is 6.40. The number of benzene rings is 2. The van der Waals surface area contributed by atoms with Gasteiger partial charge in [0.25, 0.3) is 11.8 Å². The predicted octanol–water partition coefficient (Wildman–Crippen LogP) is 3.30. The van der Waals surface area contributed by atoms with Crippen LogP contribution in [0.1, 0.15) is 42.1 Å². The number of rotatable bonds is 6. The molecule has 3 saturated heterocycles. The minimum Gasteiger partial charge on any atom is -0.380 e. The minimum atomic E-state index is -1.77. The zero-order chi connectivity index (χ0) is 27.9. The Kier molecular flexibility index (Phi) is 8.08. The summed E-state index contributed by atoms with van der Waals surface area (Å²) in [4.78, 5) is 31.6. The smallest absolute Gasteiger partial charge is 0.258 e. The molecular weight excluding hydrogens is 544 g/mol. The van der Waals surface area contributed by atoms with Gasteiger partial charge in [-0.2, -0.15) is 0 Å². The van der Waals surface area contributed by atoms with E-state index >= 15 is 0 Å². The maximum atomic E-state index is 13.6. The van der Waals surface area contributed by atoms with Crippen LogP contribution < -0.4 is 11.1 Å². The molecule has 4 N–H and O–H groups in total. The lowest BCUT2D eigenvalue weighted by molar-refractivity contribution is -0.152. The number of halogens is 3. The lowest BCUT2D eigenvalue weighted by Gasteiger charge is -2.48. The van der Waals surface area contributed by atoms with Crippen molar-refractivity contribution in [1.29, 1.82) is 0 Å². The molecule has 0 bridgehead atoms. The summed E-state index contributed by atoms with van der Waals surface area (Å²) in [6.07, 6.45) is 2.36. The Morgan fingerprint density at radius 3 is 2.26 bits per heavy atom. The van der Waals surface area contributed by atoms with Crippen molar-refractivity contribution in [2.45, 2.75) is 49.9 Å². The number of carbonyl (C=O) groups is 2. The summed E-state index contributed by atoms with van der Waals surface area (Å²) in [6.45, 7) is 5.26. The van der Waals surface area contributed by atoms with Crippen LogP contribution in [0.3, 0.4) is 0 Å². The zero-order valence-electron chi connectivity index (χ0n) is 21.9. The van der Waals surface area contributed by atoms with E-state index in [9.17, 15) is 19.1 Å². The van der Waals surface area contributed by atoms with Crippen molar-refractivity contribution in [2.24, 2.45) is 5.73 Å². The normalized spacial score (nSPS) is 22.5. The van der Waals surface area contributed by atoms with Gasteiger partial charge in [0.1, 0.15) is 5.82 Å². The van der Waals surface area contributed by atoms with Gasteiger partial charge in [0, 0.05) is 57.0 Å². The quantitative estimate of drug-likeness (QED) is 0.487. The average Bonchev–Trinajstić information content (AvgIpc) is 3.31. The number of likely N-dealkylation sites (tertiary alicyclic amines) is 3. The van der Waals surface area contributed by atoms with Crippen LogP contribution in [0.2, 0.25) is 10.0 Å². The Bertz CT molecular complexity index is 1220. The van der Waals surface area contributed by atoms with E-state index in [0.717, 1.165) is 38.0 Å². The molecule has 3 aliphatic rings. The van der Waals surface area contributed by atoms with Gasteiger partial charge in [-0.05, 0) is 56.0 Å². The first-order chi connectivity index (χ1) is 18.5. The van der Waals surface area contributed by atoms with Crippen LogP contribution in [0.25, 0.3) is 0 Å². The number of amides is 2. The van der Waals surface area contributed by atoms with Crippen molar-refractivity contribution in [1.82, 2.24) is 14.7 Å². The Morgan fingerprint density at radius 1 is 1.03 bits per heavy atom. The standard InChI is InChI=1S/C28H34Cl2FN5O3/c1-28(39,17-3-2-4-18(31)11-17)27(38)34-9-6-22(7-10-34)36-15-21(16-36)33-20-12-23(29)25(24(30)13-20)26(37)35-8-5-19(32)14-35/h2-4,11-13,19,21-22,33,39H,5-10,14-16,32H2,1H3/t19?,28-/m0/s1. The summed E-state index contributed by atoms with van der Waals surface area (Å²) < 4.78 is 13.6. The lowest BCUT2D eigenvalue weighted by Crippen LogP contribution is -2.61. The van der Waals surface area contributed by atoms with Crippen LogP contribution in [0.4, 0.5) is 10.1 Å².